The van der Waals surface area contributed by atoms with Gasteiger partial charge in [-0.25, -0.2) is 0 Å². The molecule has 0 unspecified atom stereocenters. The van der Waals surface area contributed by atoms with Gasteiger partial charge in [0.1, 0.15) is 11.5 Å². The quantitative estimate of drug-likeness (QED) is 0.763. The second-order valence-corrected chi connectivity index (χ2v) is 5.38. The topological polar surface area (TPSA) is 35.2 Å². The molecule has 5 heteroatoms. The first-order valence-corrected chi connectivity index (χ1v) is 6.78. The minimum Gasteiger partial charge on any atom is -0.456 e. The third-order valence-corrected chi connectivity index (χ3v) is 3.63. The number of halogens is 3. The van der Waals surface area contributed by atoms with Crippen molar-refractivity contribution >= 4 is 34.8 Å². The van der Waals surface area contributed by atoms with Crippen molar-refractivity contribution in [3.63, 3.8) is 0 Å². The zero-order chi connectivity index (χ0) is 14.0. The largest absolute Gasteiger partial charge is 0.456 e. The molecule has 0 saturated heterocycles. The highest BCUT2D eigenvalue weighted by molar-refractivity contribution is 6.43. The summed E-state index contributed by atoms with van der Waals surface area (Å²) >= 11 is 17.8. The lowest BCUT2D eigenvalue weighted by atomic mass is 10.1. The normalized spacial score (nSPS) is 12.3. The van der Waals surface area contributed by atoms with Crippen LogP contribution in [0.15, 0.2) is 36.4 Å². The van der Waals surface area contributed by atoms with Crippen molar-refractivity contribution in [2.24, 2.45) is 5.73 Å². The summed E-state index contributed by atoms with van der Waals surface area (Å²) in [6.07, 6.45) is 0. The van der Waals surface area contributed by atoms with Crippen LogP contribution in [0.25, 0.3) is 0 Å². The lowest BCUT2D eigenvalue weighted by Gasteiger charge is -2.10. The summed E-state index contributed by atoms with van der Waals surface area (Å²) in [6, 6.07) is 10.6. The molecule has 2 aromatic carbocycles. The first-order chi connectivity index (χ1) is 8.97. The number of hydrogen-bond acceptors (Lipinski definition) is 2. The molecule has 0 saturated carbocycles. The predicted octanol–water partition coefficient (Wildman–Crippen LogP) is 5.46. The van der Waals surface area contributed by atoms with Gasteiger partial charge < -0.3 is 10.5 Å². The van der Waals surface area contributed by atoms with Crippen LogP contribution in [-0.4, -0.2) is 0 Å². The van der Waals surface area contributed by atoms with Crippen LogP contribution < -0.4 is 10.5 Å². The van der Waals surface area contributed by atoms with Gasteiger partial charge >= 0.3 is 0 Å². The van der Waals surface area contributed by atoms with Crippen LogP contribution in [0, 0.1) is 0 Å². The molecule has 0 fully saturated rings. The maximum Gasteiger partial charge on any atom is 0.147 e. The van der Waals surface area contributed by atoms with E-state index in [0.717, 1.165) is 5.56 Å². The van der Waals surface area contributed by atoms with Gasteiger partial charge in [-0.3, -0.25) is 0 Å². The smallest absolute Gasteiger partial charge is 0.147 e. The first-order valence-electron chi connectivity index (χ1n) is 5.65. The van der Waals surface area contributed by atoms with Gasteiger partial charge in [0.25, 0.3) is 0 Å². The Morgan fingerprint density at radius 3 is 2.11 bits per heavy atom. The number of ether oxygens (including phenoxy) is 1. The lowest BCUT2D eigenvalue weighted by molar-refractivity contribution is 0.482. The molecule has 2 N–H and O–H groups in total. The molecule has 100 valence electrons. The van der Waals surface area contributed by atoms with Crippen molar-refractivity contribution in [3.8, 4) is 11.5 Å². The molecule has 0 aromatic heterocycles. The minimum atomic E-state index is -0.0115. The average molecular weight is 317 g/mol. The van der Waals surface area contributed by atoms with E-state index < -0.39 is 0 Å². The van der Waals surface area contributed by atoms with E-state index in [1.807, 2.05) is 31.2 Å². The zero-order valence-electron chi connectivity index (χ0n) is 10.2. The molecular formula is C14H12Cl3NO. The monoisotopic (exact) mass is 315 g/mol. The SMILES string of the molecule is C[C@H](N)c1ccc(Oc2cc(Cl)c(Cl)cc2Cl)cc1. The van der Waals surface area contributed by atoms with Crippen molar-refractivity contribution in [3.05, 3.63) is 57.0 Å². The molecule has 0 aliphatic rings. The second-order valence-electron chi connectivity index (χ2n) is 4.16. The van der Waals surface area contributed by atoms with Gasteiger partial charge in [-0.15, -0.1) is 0 Å². The van der Waals surface area contributed by atoms with Crippen LogP contribution in [0.4, 0.5) is 0 Å². The van der Waals surface area contributed by atoms with Gasteiger partial charge in [0.15, 0.2) is 0 Å². The Morgan fingerprint density at radius 2 is 1.53 bits per heavy atom. The van der Waals surface area contributed by atoms with E-state index in [2.05, 4.69) is 0 Å². The highest BCUT2D eigenvalue weighted by Gasteiger charge is 2.08. The van der Waals surface area contributed by atoms with Crippen molar-refractivity contribution in [1.82, 2.24) is 0 Å². The van der Waals surface area contributed by atoms with E-state index in [-0.39, 0.29) is 6.04 Å². The Hall–Kier alpha value is -0.930. The first kappa shape index (κ1) is 14.5. The maximum atomic E-state index is 6.05. The zero-order valence-corrected chi connectivity index (χ0v) is 12.4. The molecule has 0 spiro atoms. The number of nitrogens with two attached hydrogens (primary N) is 1. The molecule has 0 aliphatic carbocycles. The van der Waals surface area contributed by atoms with Gasteiger partial charge in [-0.1, -0.05) is 46.9 Å². The van der Waals surface area contributed by atoms with E-state index >= 15 is 0 Å². The van der Waals surface area contributed by atoms with Crippen LogP contribution in [-0.2, 0) is 0 Å². The molecule has 1 atom stereocenters. The summed E-state index contributed by atoms with van der Waals surface area (Å²) in [5.74, 6) is 1.12. The molecule has 0 heterocycles. The summed E-state index contributed by atoms with van der Waals surface area (Å²) in [5, 5.41) is 1.20. The van der Waals surface area contributed by atoms with E-state index in [1.165, 1.54) is 0 Å². The Morgan fingerprint density at radius 1 is 0.947 bits per heavy atom. The van der Waals surface area contributed by atoms with Crippen molar-refractivity contribution in [1.29, 1.82) is 0 Å². The third kappa shape index (κ3) is 3.54. The van der Waals surface area contributed by atoms with Crippen LogP contribution in [0.2, 0.25) is 15.1 Å². The van der Waals surface area contributed by atoms with Gasteiger partial charge in [-0.2, -0.15) is 0 Å². The van der Waals surface area contributed by atoms with Crippen molar-refractivity contribution in [2.75, 3.05) is 0 Å². The molecule has 0 radical (unpaired) electrons. The number of benzene rings is 2. The standard InChI is InChI=1S/C14H12Cl3NO/c1-8(18)9-2-4-10(5-3-9)19-14-7-12(16)11(15)6-13(14)17/h2-8H,18H2,1H3/t8-/m0/s1. The molecule has 2 aromatic rings. The summed E-state index contributed by atoms with van der Waals surface area (Å²) in [4.78, 5) is 0. The average Bonchev–Trinajstić information content (AvgIpc) is 2.36. The van der Waals surface area contributed by atoms with Gasteiger partial charge in [-0.05, 0) is 30.7 Å². The highest BCUT2D eigenvalue weighted by Crippen LogP contribution is 2.36. The lowest BCUT2D eigenvalue weighted by Crippen LogP contribution is -2.04. The van der Waals surface area contributed by atoms with E-state index in [4.69, 9.17) is 45.3 Å². The predicted molar refractivity (Wildman–Crippen MR) is 80.6 cm³/mol. The third-order valence-electron chi connectivity index (χ3n) is 2.61. The summed E-state index contributed by atoms with van der Waals surface area (Å²) in [6.45, 7) is 1.92. The van der Waals surface area contributed by atoms with Crippen molar-refractivity contribution < 1.29 is 4.74 Å². The fraction of sp³-hybridized carbons (Fsp3) is 0.143. The fourth-order valence-corrected chi connectivity index (χ4v) is 2.12. The fourth-order valence-electron chi connectivity index (χ4n) is 1.55. The Bertz CT molecular complexity index is 582. The molecule has 2 nitrogen and oxygen atoms in total. The number of rotatable bonds is 3. The van der Waals surface area contributed by atoms with Gasteiger partial charge in [0.2, 0.25) is 0 Å². The Labute approximate surface area is 127 Å². The molecule has 0 bridgehead atoms. The van der Waals surface area contributed by atoms with Crippen molar-refractivity contribution in [2.45, 2.75) is 13.0 Å². The van der Waals surface area contributed by atoms with Crippen LogP contribution in [0.3, 0.4) is 0 Å². The van der Waals surface area contributed by atoms with Gasteiger partial charge in [0, 0.05) is 12.1 Å². The Kier molecular flexibility index (Phi) is 4.58. The van der Waals surface area contributed by atoms with E-state index in [0.29, 0.717) is 26.6 Å². The molecule has 19 heavy (non-hydrogen) atoms. The summed E-state index contributed by atoms with van der Waals surface area (Å²) in [5.41, 5.74) is 6.82. The van der Waals surface area contributed by atoms with Gasteiger partial charge in [0.05, 0.1) is 15.1 Å². The minimum absolute atomic E-state index is 0.0115. The maximum absolute atomic E-state index is 6.05. The van der Waals surface area contributed by atoms with Crippen LogP contribution in [0.5, 0.6) is 11.5 Å². The van der Waals surface area contributed by atoms with Crippen LogP contribution in [0.1, 0.15) is 18.5 Å². The summed E-state index contributed by atoms with van der Waals surface area (Å²) in [7, 11) is 0. The molecule has 0 amide bonds. The summed E-state index contributed by atoms with van der Waals surface area (Å²) < 4.78 is 5.66. The van der Waals surface area contributed by atoms with E-state index in [9.17, 15) is 0 Å². The van der Waals surface area contributed by atoms with E-state index in [1.54, 1.807) is 12.1 Å². The molecule has 0 aliphatic heterocycles. The van der Waals surface area contributed by atoms with Crippen LogP contribution >= 0.6 is 34.8 Å². The number of hydrogen-bond donors (Lipinski definition) is 1. The molecule has 2 rings (SSSR count). The second kappa shape index (κ2) is 6.02. The highest BCUT2D eigenvalue weighted by atomic mass is 35.5. The Balaban J connectivity index is 2.24. The molecular weight excluding hydrogens is 305 g/mol.